The number of esters is 1. The molecule has 0 bridgehead atoms. The van der Waals surface area contributed by atoms with Crippen molar-refractivity contribution >= 4 is 5.97 Å². The van der Waals surface area contributed by atoms with E-state index in [0.29, 0.717) is 5.76 Å². The summed E-state index contributed by atoms with van der Waals surface area (Å²) in [7, 11) is 0. The lowest BCUT2D eigenvalue weighted by molar-refractivity contribution is -0.160. The molecule has 0 aromatic carbocycles. The van der Waals surface area contributed by atoms with Gasteiger partial charge in [-0.25, -0.2) is 0 Å². The van der Waals surface area contributed by atoms with Crippen molar-refractivity contribution in [1.82, 2.24) is 0 Å². The van der Waals surface area contributed by atoms with E-state index in [-0.39, 0.29) is 6.61 Å². The van der Waals surface area contributed by atoms with Gasteiger partial charge in [0.2, 0.25) is 0 Å². The number of hydrogen-bond donors (Lipinski definition) is 1. The molecule has 28 heavy (non-hydrogen) atoms. The van der Waals surface area contributed by atoms with Gasteiger partial charge in [0.15, 0.2) is 0 Å². The van der Waals surface area contributed by atoms with Crippen LogP contribution in [0, 0.1) is 10.8 Å². The molecule has 0 aromatic rings. The Morgan fingerprint density at radius 2 is 1.29 bits per heavy atom. The summed E-state index contributed by atoms with van der Waals surface area (Å²) in [6, 6.07) is 0. The molecule has 0 aromatic heterocycles. The van der Waals surface area contributed by atoms with E-state index < -0.39 is 16.8 Å². The Kier molecular flexibility index (Phi) is 22.3. The van der Waals surface area contributed by atoms with Gasteiger partial charge in [-0.2, -0.15) is 0 Å². The van der Waals surface area contributed by atoms with Gasteiger partial charge in [-0.3, -0.25) is 4.79 Å². The minimum atomic E-state index is -0.945. The van der Waals surface area contributed by atoms with Crippen molar-refractivity contribution in [1.29, 1.82) is 0 Å². The van der Waals surface area contributed by atoms with Crippen LogP contribution in [0.2, 0.25) is 0 Å². The van der Waals surface area contributed by atoms with Crippen LogP contribution < -0.4 is 0 Å². The molecule has 1 unspecified atom stereocenters. The van der Waals surface area contributed by atoms with Crippen molar-refractivity contribution in [2.45, 2.75) is 76.2 Å². The van der Waals surface area contributed by atoms with Crippen molar-refractivity contribution in [3.63, 3.8) is 0 Å². The number of aliphatic hydroxyl groups excluding tert-OH is 1. The second-order valence-corrected chi connectivity index (χ2v) is 6.84. The van der Waals surface area contributed by atoms with Crippen molar-refractivity contribution in [2.24, 2.45) is 10.8 Å². The van der Waals surface area contributed by atoms with Crippen LogP contribution in [0.15, 0.2) is 60.9 Å². The molecule has 0 spiro atoms. The van der Waals surface area contributed by atoms with E-state index in [1.165, 1.54) is 0 Å². The van der Waals surface area contributed by atoms with Gasteiger partial charge < -0.3 is 9.84 Å². The minimum Gasteiger partial charge on any atom is -0.431 e. The largest absolute Gasteiger partial charge is 0.431 e. The summed E-state index contributed by atoms with van der Waals surface area (Å²) < 4.78 is 5.40. The molecule has 0 aliphatic rings. The monoisotopic (exact) mass is 394 g/mol. The third kappa shape index (κ3) is 12.5. The summed E-state index contributed by atoms with van der Waals surface area (Å²) in [5.74, 6) is 0.0836. The maximum absolute atomic E-state index is 12.4. The van der Waals surface area contributed by atoms with E-state index in [0.717, 1.165) is 11.1 Å². The molecular formula is C25H46O3. The first kappa shape index (κ1) is 33.7. The molecule has 164 valence electrons. The Balaban J connectivity index is -0.000000434. The van der Waals surface area contributed by atoms with Crippen LogP contribution >= 0.6 is 0 Å². The molecule has 1 N–H and O–H groups in total. The van der Waals surface area contributed by atoms with Gasteiger partial charge in [0.25, 0.3) is 0 Å². The van der Waals surface area contributed by atoms with Gasteiger partial charge in [-0.05, 0) is 50.3 Å². The van der Waals surface area contributed by atoms with Gasteiger partial charge in [-0.1, -0.05) is 73.3 Å². The van der Waals surface area contributed by atoms with Gasteiger partial charge in [-0.15, -0.1) is 13.2 Å². The summed E-state index contributed by atoms with van der Waals surface area (Å²) in [6.07, 6.45) is 7.31. The first-order chi connectivity index (χ1) is 13.0. The number of allylic oxidation sites excluding steroid dienone is 7. The van der Waals surface area contributed by atoms with Crippen molar-refractivity contribution in [3.8, 4) is 0 Å². The Morgan fingerprint density at radius 3 is 1.61 bits per heavy atom. The number of hydrogen-bond acceptors (Lipinski definition) is 3. The molecule has 0 aliphatic carbocycles. The van der Waals surface area contributed by atoms with Gasteiger partial charge in [0.05, 0.1) is 12.0 Å². The summed E-state index contributed by atoms with van der Waals surface area (Å²) >= 11 is 0. The number of carbonyl (C=O) groups excluding carboxylic acids is 1. The number of aliphatic hydroxyl groups is 1. The van der Waals surface area contributed by atoms with Gasteiger partial charge >= 0.3 is 5.97 Å². The lowest BCUT2D eigenvalue weighted by Gasteiger charge is -2.37. The number of rotatable bonds is 6. The lowest BCUT2D eigenvalue weighted by atomic mass is 9.68. The molecule has 0 aliphatic heterocycles. The topological polar surface area (TPSA) is 46.5 Å². The Morgan fingerprint density at radius 1 is 0.893 bits per heavy atom. The van der Waals surface area contributed by atoms with Crippen molar-refractivity contribution in [3.05, 3.63) is 60.9 Å². The molecule has 0 heterocycles. The van der Waals surface area contributed by atoms with Crippen LogP contribution in [-0.4, -0.2) is 17.7 Å². The van der Waals surface area contributed by atoms with Crippen LogP contribution in [0.1, 0.15) is 76.2 Å². The predicted molar refractivity (Wildman–Crippen MR) is 126 cm³/mol. The fourth-order valence-corrected chi connectivity index (χ4v) is 1.58. The molecule has 0 amide bonds. The van der Waals surface area contributed by atoms with Gasteiger partial charge in [0, 0.05) is 0 Å². The third-order valence-corrected chi connectivity index (χ3v) is 4.23. The molecule has 1 atom stereocenters. The molecule has 0 saturated carbocycles. The first-order valence-electron chi connectivity index (χ1n) is 9.97. The van der Waals surface area contributed by atoms with Crippen LogP contribution in [0.5, 0.6) is 0 Å². The Labute approximate surface area is 175 Å². The summed E-state index contributed by atoms with van der Waals surface area (Å²) in [5.41, 5.74) is 0.824. The smallest absolute Gasteiger partial charge is 0.319 e. The molecule has 0 rings (SSSR count). The van der Waals surface area contributed by atoms with E-state index in [1.54, 1.807) is 26.0 Å². The van der Waals surface area contributed by atoms with E-state index in [2.05, 4.69) is 19.7 Å². The molecule has 0 fully saturated rings. The predicted octanol–water partition coefficient (Wildman–Crippen LogP) is 7.41. The second-order valence-electron chi connectivity index (χ2n) is 6.84. The highest BCUT2D eigenvalue weighted by atomic mass is 16.5. The van der Waals surface area contributed by atoms with Crippen LogP contribution in [0.25, 0.3) is 0 Å². The molecule has 3 heteroatoms. The van der Waals surface area contributed by atoms with Crippen LogP contribution in [0.4, 0.5) is 0 Å². The standard InChI is InChI=1S/C19H30O3.2C2H6.C2H4/c1-9-10-14(2)15(3)11-12-16(4)22-17(21)19(8,13-20)18(5,6)7;3*1-2/h9-12,20H,1,13H2,2-8H3;2*1-2H3;1-2H2/b14-10+,15-11+,16-12+;;;. The zero-order valence-corrected chi connectivity index (χ0v) is 20.4. The van der Waals surface area contributed by atoms with Gasteiger partial charge in [0.1, 0.15) is 5.76 Å². The highest BCUT2D eigenvalue weighted by Crippen LogP contribution is 2.39. The molecular weight excluding hydrogens is 348 g/mol. The van der Waals surface area contributed by atoms with Crippen molar-refractivity contribution < 1.29 is 14.6 Å². The Bertz CT molecular complexity index is 516. The highest BCUT2D eigenvalue weighted by molar-refractivity contribution is 5.78. The average Bonchev–Trinajstić information content (AvgIpc) is 2.69. The summed E-state index contributed by atoms with van der Waals surface area (Å²) in [6.45, 7) is 30.6. The molecule has 0 radical (unpaired) electrons. The quantitative estimate of drug-likeness (QED) is 0.221. The van der Waals surface area contributed by atoms with Crippen LogP contribution in [0.3, 0.4) is 0 Å². The highest BCUT2D eigenvalue weighted by Gasteiger charge is 2.45. The minimum absolute atomic E-state index is 0.251. The average molecular weight is 395 g/mol. The van der Waals surface area contributed by atoms with Crippen LogP contribution in [-0.2, 0) is 9.53 Å². The first-order valence-corrected chi connectivity index (χ1v) is 9.97. The van der Waals surface area contributed by atoms with E-state index in [1.807, 2.05) is 74.5 Å². The normalized spacial score (nSPS) is 13.9. The zero-order chi connectivity index (χ0) is 23.6. The second kappa shape index (κ2) is 18.5. The molecule has 3 nitrogen and oxygen atoms in total. The lowest BCUT2D eigenvalue weighted by Crippen LogP contribution is -2.44. The molecule has 0 saturated heterocycles. The summed E-state index contributed by atoms with van der Waals surface area (Å²) in [4.78, 5) is 12.4. The SMILES string of the molecule is C=C.C=C/C=C(C)/C(C)=C/C=C(\C)OC(=O)C(C)(CO)C(C)(C)C.CC.CC. The van der Waals surface area contributed by atoms with E-state index in [4.69, 9.17) is 4.74 Å². The number of carbonyl (C=O) groups is 1. The Hall–Kier alpha value is -1.87. The van der Waals surface area contributed by atoms with E-state index in [9.17, 15) is 9.90 Å². The maximum Gasteiger partial charge on any atom is 0.319 e. The summed E-state index contributed by atoms with van der Waals surface area (Å²) in [5, 5.41) is 9.61. The maximum atomic E-state index is 12.4. The fourth-order valence-electron chi connectivity index (χ4n) is 1.58. The number of ether oxygens (including phenoxy) is 1. The van der Waals surface area contributed by atoms with Crippen molar-refractivity contribution in [2.75, 3.05) is 6.61 Å². The third-order valence-electron chi connectivity index (χ3n) is 4.23. The zero-order valence-electron chi connectivity index (χ0n) is 20.4. The van der Waals surface area contributed by atoms with E-state index >= 15 is 0 Å². The fraction of sp³-hybridized carbons (Fsp3) is 0.560.